The number of carbonyl (C=O) groups is 3. The first-order valence-corrected chi connectivity index (χ1v) is 13.3. The van der Waals surface area contributed by atoms with Gasteiger partial charge < -0.3 is 14.2 Å². The number of ether oxygens (including phenoxy) is 3. The van der Waals surface area contributed by atoms with Crippen molar-refractivity contribution in [3.63, 3.8) is 0 Å². The van der Waals surface area contributed by atoms with E-state index in [1.807, 2.05) is 0 Å². The molecule has 0 radical (unpaired) electrons. The fraction of sp³-hybridized carbons (Fsp3) is 0.469. The minimum absolute atomic E-state index is 0.0600. The molecule has 0 heterocycles. The molecule has 0 spiro atoms. The van der Waals surface area contributed by atoms with E-state index in [1.165, 1.54) is 40.3 Å². The van der Waals surface area contributed by atoms with Crippen molar-refractivity contribution in [3.05, 3.63) is 81.4 Å². The minimum Gasteiger partial charge on any atom is -0.465 e. The van der Waals surface area contributed by atoms with Gasteiger partial charge in [-0.25, -0.2) is 4.79 Å². The van der Waals surface area contributed by atoms with Crippen LogP contribution in [0.15, 0.2) is 42.5 Å². The van der Waals surface area contributed by atoms with Crippen molar-refractivity contribution in [2.45, 2.75) is 86.2 Å². The van der Waals surface area contributed by atoms with E-state index in [0.29, 0.717) is 6.42 Å². The fourth-order valence-electron chi connectivity index (χ4n) is 4.10. The number of hydrogen-bond donors (Lipinski definition) is 0. The Morgan fingerprint density at radius 1 is 0.816 bits per heavy atom. The van der Waals surface area contributed by atoms with Crippen molar-refractivity contribution in [2.24, 2.45) is 0 Å². The lowest BCUT2D eigenvalue weighted by Gasteiger charge is -2.14. The van der Waals surface area contributed by atoms with Crippen LogP contribution >= 0.6 is 0 Å². The van der Waals surface area contributed by atoms with Gasteiger partial charge in [0.15, 0.2) is 0 Å². The Labute approximate surface area is 227 Å². The Balaban J connectivity index is 1.65. The standard InChI is InChI=1S/C32H42O6/c1-21(2)32(35)37-20-23(4)38-31(34)16-15-30(33)36-18-17-28-13-11-27(12-14-28)9-8-10-29-19-22(3)24(5)25(6)26(29)7/h11-14,19,23H,1,8-10,15-18,20H2,2-7H3. The molecule has 0 saturated heterocycles. The van der Waals surface area contributed by atoms with Gasteiger partial charge in [0.2, 0.25) is 0 Å². The van der Waals surface area contributed by atoms with Crippen LogP contribution in [0.5, 0.6) is 0 Å². The van der Waals surface area contributed by atoms with E-state index >= 15 is 0 Å². The highest BCUT2D eigenvalue weighted by Gasteiger charge is 2.15. The predicted molar refractivity (Wildman–Crippen MR) is 149 cm³/mol. The molecule has 0 saturated carbocycles. The van der Waals surface area contributed by atoms with Crippen molar-refractivity contribution in [1.29, 1.82) is 0 Å². The molecular formula is C32H42O6. The summed E-state index contributed by atoms with van der Waals surface area (Å²) in [4.78, 5) is 35.2. The summed E-state index contributed by atoms with van der Waals surface area (Å²) in [5.74, 6) is -1.53. The van der Waals surface area contributed by atoms with Gasteiger partial charge in [-0.2, -0.15) is 0 Å². The molecule has 0 aromatic heterocycles. The first kappa shape index (κ1) is 30.8. The lowest BCUT2D eigenvalue weighted by molar-refractivity contribution is -0.158. The third kappa shape index (κ3) is 10.2. The highest BCUT2D eigenvalue weighted by atomic mass is 16.6. The Bertz CT molecular complexity index is 1130. The van der Waals surface area contributed by atoms with Gasteiger partial charge in [0.25, 0.3) is 0 Å². The summed E-state index contributed by atoms with van der Waals surface area (Å²) in [5, 5.41) is 0. The van der Waals surface area contributed by atoms with Gasteiger partial charge in [-0.15, -0.1) is 0 Å². The summed E-state index contributed by atoms with van der Waals surface area (Å²) < 4.78 is 15.3. The normalized spacial score (nSPS) is 11.5. The van der Waals surface area contributed by atoms with E-state index in [2.05, 4.69) is 64.6 Å². The highest BCUT2D eigenvalue weighted by Crippen LogP contribution is 2.23. The van der Waals surface area contributed by atoms with Gasteiger partial charge >= 0.3 is 17.9 Å². The number of benzene rings is 2. The molecule has 0 amide bonds. The second-order valence-corrected chi connectivity index (χ2v) is 10.0. The first-order chi connectivity index (χ1) is 18.0. The van der Waals surface area contributed by atoms with Gasteiger partial charge in [-0.1, -0.05) is 36.9 Å². The molecule has 2 aromatic rings. The molecule has 2 aromatic carbocycles. The van der Waals surface area contributed by atoms with E-state index in [1.54, 1.807) is 6.92 Å². The maximum absolute atomic E-state index is 12.0. The lowest BCUT2D eigenvalue weighted by Crippen LogP contribution is -2.23. The molecule has 0 N–H and O–H groups in total. The van der Waals surface area contributed by atoms with Crippen LogP contribution in [-0.4, -0.2) is 37.2 Å². The molecule has 0 fully saturated rings. The van der Waals surface area contributed by atoms with Crippen LogP contribution in [0.2, 0.25) is 0 Å². The van der Waals surface area contributed by atoms with E-state index in [0.717, 1.165) is 24.8 Å². The summed E-state index contributed by atoms with van der Waals surface area (Å²) >= 11 is 0. The molecule has 6 heteroatoms. The largest absolute Gasteiger partial charge is 0.465 e. The van der Waals surface area contributed by atoms with Crippen LogP contribution in [0.1, 0.15) is 72.1 Å². The van der Waals surface area contributed by atoms with Crippen molar-refractivity contribution in [1.82, 2.24) is 0 Å². The average Bonchev–Trinajstić information content (AvgIpc) is 2.88. The SMILES string of the molecule is C=C(C)C(=O)OCC(C)OC(=O)CCC(=O)OCCc1ccc(CCCc2cc(C)c(C)c(C)c2C)cc1. The van der Waals surface area contributed by atoms with Crippen molar-refractivity contribution in [2.75, 3.05) is 13.2 Å². The molecule has 0 bridgehead atoms. The Kier molecular flexibility index (Phi) is 12.3. The van der Waals surface area contributed by atoms with E-state index < -0.39 is 24.0 Å². The van der Waals surface area contributed by atoms with Crippen molar-refractivity contribution < 1.29 is 28.6 Å². The molecule has 38 heavy (non-hydrogen) atoms. The zero-order valence-corrected chi connectivity index (χ0v) is 23.8. The molecule has 206 valence electrons. The molecule has 6 nitrogen and oxygen atoms in total. The number of aryl methyl sites for hydroxylation is 3. The van der Waals surface area contributed by atoms with Crippen LogP contribution in [-0.2, 0) is 47.9 Å². The third-order valence-electron chi connectivity index (χ3n) is 6.84. The Hall–Kier alpha value is -3.41. The second-order valence-electron chi connectivity index (χ2n) is 10.0. The smallest absolute Gasteiger partial charge is 0.333 e. The maximum Gasteiger partial charge on any atom is 0.333 e. The monoisotopic (exact) mass is 522 g/mol. The van der Waals surface area contributed by atoms with Gasteiger partial charge in [-0.05, 0) is 99.7 Å². The quantitative estimate of drug-likeness (QED) is 0.172. The number of hydrogen-bond acceptors (Lipinski definition) is 6. The van der Waals surface area contributed by atoms with Gasteiger partial charge in [0.1, 0.15) is 12.7 Å². The van der Waals surface area contributed by atoms with E-state index in [-0.39, 0.29) is 31.6 Å². The third-order valence-corrected chi connectivity index (χ3v) is 6.84. The zero-order chi connectivity index (χ0) is 28.2. The lowest BCUT2D eigenvalue weighted by atomic mass is 9.91. The van der Waals surface area contributed by atoms with Crippen LogP contribution in [0.3, 0.4) is 0 Å². The summed E-state index contributed by atoms with van der Waals surface area (Å²) in [6.07, 6.45) is 3.04. The highest BCUT2D eigenvalue weighted by molar-refractivity contribution is 5.86. The number of rotatable bonds is 14. The first-order valence-electron chi connectivity index (χ1n) is 13.3. The number of carbonyl (C=O) groups excluding carboxylic acids is 3. The minimum atomic E-state index is -0.607. The van der Waals surface area contributed by atoms with E-state index in [4.69, 9.17) is 14.2 Å². The molecule has 0 aliphatic carbocycles. The molecule has 1 atom stereocenters. The van der Waals surface area contributed by atoms with Crippen molar-refractivity contribution >= 4 is 17.9 Å². The fourth-order valence-corrected chi connectivity index (χ4v) is 4.10. The van der Waals surface area contributed by atoms with E-state index in [9.17, 15) is 14.4 Å². The molecule has 1 unspecified atom stereocenters. The molecule has 0 aliphatic heterocycles. The van der Waals surface area contributed by atoms with Gasteiger partial charge in [0, 0.05) is 12.0 Å². The summed E-state index contributed by atoms with van der Waals surface area (Å²) in [5.41, 5.74) is 9.67. The second kappa shape index (κ2) is 15.1. The zero-order valence-electron chi connectivity index (χ0n) is 23.8. The summed E-state index contributed by atoms with van der Waals surface area (Å²) in [7, 11) is 0. The molecule has 0 aliphatic rings. The topological polar surface area (TPSA) is 78.9 Å². The van der Waals surface area contributed by atoms with Crippen LogP contribution in [0.4, 0.5) is 0 Å². The van der Waals surface area contributed by atoms with Crippen molar-refractivity contribution in [3.8, 4) is 0 Å². The summed E-state index contributed by atoms with van der Waals surface area (Å²) in [6.45, 7) is 15.6. The Morgan fingerprint density at radius 2 is 1.42 bits per heavy atom. The average molecular weight is 523 g/mol. The van der Waals surface area contributed by atoms with Gasteiger partial charge in [-0.3, -0.25) is 9.59 Å². The summed E-state index contributed by atoms with van der Waals surface area (Å²) in [6, 6.07) is 10.8. The maximum atomic E-state index is 12.0. The van der Waals surface area contributed by atoms with Crippen LogP contribution < -0.4 is 0 Å². The molecular weight excluding hydrogens is 480 g/mol. The Morgan fingerprint density at radius 3 is 2.05 bits per heavy atom. The van der Waals surface area contributed by atoms with Gasteiger partial charge in [0.05, 0.1) is 19.4 Å². The number of esters is 3. The molecule has 2 rings (SSSR count). The van der Waals surface area contributed by atoms with Crippen LogP contribution in [0.25, 0.3) is 0 Å². The van der Waals surface area contributed by atoms with Crippen LogP contribution in [0, 0.1) is 27.7 Å². The predicted octanol–water partition coefficient (Wildman–Crippen LogP) is 6.01.